The second-order valence-electron chi connectivity index (χ2n) is 4.94. The smallest absolute Gasteiger partial charge is 0.404 e. The molecule has 6 nitrogen and oxygen atoms in total. The van der Waals surface area contributed by atoms with E-state index in [1.807, 2.05) is 36.4 Å². The van der Waals surface area contributed by atoms with Crippen molar-refractivity contribution in [2.24, 2.45) is 0 Å². The molecule has 0 saturated heterocycles. The number of aromatic nitrogens is 1. The lowest BCUT2D eigenvalue weighted by molar-refractivity contribution is 0.194. The van der Waals surface area contributed by atoms with E-state index in [9.17, 15) is 4.79 Å². The summed E-state index contributed by atoms with van der Waals surface area (Å²) in [5.41, 5.74) is 6.70. The Morgan fingerprint density at radius 2 is 2.10 bits per heavy atom. The first kappa shape index (κ1) is 13.4. The molecule has 1 aromatic carbocycles. The minimum atomic E-state index is -1.01. The number of anilines is 1. The number of benzene rings is 1. The molecule has 0 fully saturated rings. The Balaban J connectivity index is 1.65. The van der Waals surface area contributed by atoms with Crippen LogP contribution in [0.5, 0.6) is 0 Å². The Labute approximate surface area is 122 Å². The number of carboxylic acid groups (broad SMARTS) is 1. The van der Waals surface area contributed by atoms with Crippen molar-refractivity contribution in [3.63, 3.8) is 0 Å². The number of nitrogens with one attached hydrogen (secondary N) is 2. The van der Waals surface area contributed by atoms with Gasteiger partial charge in [-0.15, -0.1) is 0 Å². The van der Waals surface area contributed by atoms with Gasteiger partial charge in [-0.3, -0.25) is 0 Å². The molecule has 3 rings (SSSR count). The summed E-state index contributed by atoms with van der Waals surface area (Å²) in [7, 11) is 0. The molecule has 0 aliphatic carbocycles. The summed E-state index contributed by atoms with van der Waals surface area (Å²) in [6.45, 7) is 1.90. The van der Waals surface area contributed by atoms with Crippen LogP contribution in [0.4, 0.5) is 10.6 Å². The van der Waals surface area contributed by atoms with Gasteiger partial charge in [0.2, 0.25) is 0 Å². The van der Waals surface area contributed by atoms with E-state index < -0.39 is 6.09 Å². The van der Waals surface area contributed by atoms with Crippen LogP contribution in [0.2, 0.25) is 0 Å². The zero-order valence-electron chi connectivity index (χ0n) is 11.4. The molecule has 0 bridgehead atoms. The maximum absolute atomic E-state index is 10.5. The van der Waals surface area contributed by atoms with E-state index in [0.717, 1.165) is 24.5 Å². The van der Waals surface area contributed by atoms with Crippen molar-refractivity contribution in [1.29, 1.82) is 0 Å². The van der Waals surface area contributed by atoms with Gasteiger partial charge in [-0.25, -0.2) is 14.8 Å². The van der Waals surface area contributed by atoms with Gasteiger partial charge >= 0.3 is 6.09 Å². The van der Waals surface area contributed by atoms with Gasteiger partial charge in [0.1, 0.15) is 5.82 Å². The van der Waals surface area contributed by atoms with Crippen molar-refractivity contribution in [3.05, 3.63) is 59.3 Å². The molecule has 0 radical (unpaired) electrons. The van der Waals surface area contributed by atoms with Crippen LogP contribution in [-0.4, -0.2) is 21.2 Å². The highest BCUT2D eigenvalue weighted by atomic mass is 16.4. The molecule has 1 aliphatic heterocycles. The van der Waals surface area contributed by atoms with Gasteiger partial charge < -0.3 is 15.8 Å². The van der Waals surface area contributed by atoms with Gasteiger partial charge in [-0.2, -0.15) is 0 Å². The number of hydrogen-bond donors (Lipinski definition) is 3. The summed E-state index contributed by atoms with van der Waals surface area (Å²) in [5.74, 6) is 0.818. The van der Waals surface area contributed by atoms with Crippen molar-refractivity contribution < 1.29 is 9.90 Å². The maximum atomic E-state index is 10.5. The molecule has 2 aromatic rings. The van der Waals surface area contributed by atoms with Gasteiger partial charge in [0.05, 0.1) is 0 Å². The van der Waals surface area contributed by atoms with Gasteiger partial charge in [0.15, 0.2) is 0 Å². The topological polar surface area (TPSA) is 77.5 Å². The number of hydrazine groups is 1. The van der Waals surface area contributed by atoms with Crippen molar-refractivity contribution in [2.45, 2.75) is 19.6 Å². The summed E-state index contributed by atoms with van der Waals surface area (Å²) in [5, 5.41) is 13.1. The monoisotopic (exact) mass is 284 g/mol. The first-order valence-electron chi connectivity index (χ1n) is 6.71. The van der Waals surface area contributed by atoms with Crippen molar-refractivity contribution in [1.82, 2.24) is 15.3 Å². The van der Waals surface area contributed by atoms with Gasteiger partial charge in [0.25, 0.3) is 0 Å². The summed E-state index contributed by atoms with van der Waals surface area (Å²) >= 11 is 0. The number of fused-ring (bicyclic) bond motifs is 1. The molecule has 1 aromatic heterocycles. The summed E-state index contributed by atoms with van der Waals surface area (Å²) < 4.78 is 0. The van der Waals surface area contributed by atoms with Gasteiger partial charge in [-0.05, 0) is 28.8 Å². The van der Waals surface area contributed by atoms with Gasteiger partial charge in [0, 0.05) is 25.8 Å². The first-order chi connectivity index (χ1) is 10.2. The molecule has 3 N–H and O–H groups in total. The largest absolute Gasteiger partial charge is 0.465 e. The fraction of sp³-hybridized carbons (Fsp3) is 0.200. The van der Waals surface area contributed by atoms with E-state index in [2.05, 4.69) is 20.7 Å². The van der Waals surface area contributed by atoms with E-state index in [0.29, 0.717) is 6.54 Å². The number of hydrogen-bond acceptors (Lipinski definition) is 4. The van der Waals surface area contributed by atoms with E-state index in [4.69, 9.17) is 5.11 Å². The van der Waals surface area contributed by atoms with Crippen molar-refractivity contribution in [2.75, 3.05) is 5.43 Å². The molecule has 1 aliphatic rings. The SMILES string of the molecule is O=C(O)NCc1ccc2c(c1)CN(Nc1ccccn1)C2. The van der Waals surface area contributed by atoms with Gasteiger partial charge in [-0.1, -0.05) is 24.3 Å². The molecule has 0 spiro atoms. The maximum Gasteiger partial charge on any atom is 0.404 e. The molecule has 108 valence electrons. The molecule has 0 unspecified atom stereocenters. The lowest BCUT2D eigenvalue weighted by Gasteiger charge is -2.16. The summed E-state index contributed by atoms with van der Waals surface area (Å²) in [6.07, 6.45) is 0.746. The minimum absolute atomic E-state index is 0.330. The third kappa shape index (κ3) is 3.29. The zero-order valence-corrected chi connectivity index (χ0v) is 11.4. The van der Waals surface area contributed by atoms with Crippen molar-refractivity contribution in [3.8, 4) is 0 Å². The van der Waals surface area contributed by atoms with Crippen LogP contribution in [0.1, 0.15) is 16.7 Å². The molecule has 2 heterocycles. The Bertz CT molecular complexity index is 645. The van der Waals surface area contributed by atoms with Crippen molar-refractivity contribution >= 4 is 11.9 Å². The van der Waals surface area contributed by atoms with Crippen LogP contribution in [0.25, 0.3) is 0 Å². The van der Waals surface area contributed by atoms with Crippen LogP contribution in [0.15, 0.2) is 42.6 Å². The third-order valence-electron chi connectivity index (χ3n) is 3.37. The Morgan fingerprint density at radius 3 is 2.86 bits per heavy atom. The second kappa shape index (κ2) is 5.80. The molecule has 6 heteroatoms. The average Bonchev–Trinajstić information content (AvgIpc) is 2.87. The van der Waals surface area contributed by atoms with Crippen LogP contribution < -0.4 is 10.7 Å². The Hall–Kier alpha value is -2.60. The quantitative estimate of drug-likeness (QED) is 0.802. The predicted octanol–water partition coefficient (Wildman–Crippen LogP) is 2.19. The van der Waals surface area contributed by atoms with E-state index in [1.54, 1.807) is 6.20 Å². The highest BCUT2D eigenvalue weighted by Crippen LogP contribution is 2.24. The minimum Gasteiger partial charge on any atom is -0.465 e. The molecule has 0 saturated carbocycles. The first-order valence-corrected chi connectivity index (χ1v) is 6.71. The Kier molecular flexibility index (Phi) is 3.70. The molecule has 1 amide bonds. The fourth-order valence-electron chi connectivity index (χ4n) is 2.41. The average molecular weight is 284 g/mol. The molecular weight excluding hydrogens is 268 g/mol. The third-order valence-corrected chi connectivity index (χ3v) is 3.37. The van der Waals surface area contributed by atoms with E-state index in [1.165, 1.54) is 11.1 Å². The zero-order chi connectivity index (χ0) is 14.7. The highest BCUT2D eigenvalue weighted by molar-refractivity contribution is 5.64. The molecule has 21 heavy (non-hydrogen) atoms. The lowest BCUT2D eigenvalue weighted by atomic mass is 10.1. The molecule has 0 atom stereocenters. The van der Waals surface area contributed by atoms with E-state index >= 15 is 0 Å². The van der Waals surface area contributed by atoms with Crippen LogP contribution in [-0.2, 0) is 19.6 Å². The number of carbonyl (C=O) groups is 1. The Morgan fingerprint density at radius 1 is 1.24 bits per heavy atom. The normalized spacial score (nSPS) is 13.7. The number of amides is 1. The van der Waals surface area contributed by atoms with Crippen LogP contribution >= 0.6 is 0 Å². The number of nitrogens with zero attached hydrogens (tertiary/aromatic N) is 2. The fourth-order valence-corrected chi connectivity index (χ4v) is 2.41. The highest BCUT2D eigenvalue weighted by Gasteiger charge is 2.19. The second-order valence-corrected chi connectivity index (χ2v) is 4.94. The summed E-state index contributed by atoms with van der Waals surface area (Å²) in [4.78, 5) is 14.8. The standard InChI is InChI=1S/C15H16N4O2/c20-15(21)17-8-11-4-5-12-9-19(10-13(12)7-11)18-14-3-1-2-6-16-14/h1-7,17H,8-10H2,(H,16,18)(H,20,21). The van der Waals surface area contributed by atoms with E-state index in [-0.39, 0.29) is 0 Å². The van der Waals surface area contributed by atoms with Crippen LogP contribution in [0.3, 0.4) is 0 Å². The number of pyridine rings is 1. The van der Waals surface area contributed by atoms with Crippen LogP contribution in [0, 0.1) is 0 Å². The predicted molar refractivity (Wildman–Crippen MR) is 78.4 cm³/mol. The lowest BCUT2D eigenvalue weighted by Crippen LogP contribution is -2.24. The summed E-state index contributed by atoms with van der Waals surface area (Å²) in [6, 6.07) is 11.8. The molecular formula is C15H16N4O2. The number of rotatable bonds is 4.